The van der Waals surface area contributed by atoms with Crippen LogP contribution in [0.5, 0.6) is 0 Å². The first-order valence-electron chi connectivity index (χ1n) is 8.57. The van der Waals surface area contributed by atoms with Crippen molar-refractivity contribution in [1.82, 2.24) is 4.98 Å². The molecule has 0 radical (unpaired) electrons. The molecule has 0 saturated carbocycles. The molecule has 2 nitrogen and oxygen atoms in total. The van der Waals surface area contributed by atoms with E-state index in [0.29, 0.717) is 12.4 Å². The first-order chi connectivity index (χ1) is 12.0. The fourth-order valence-electron chi connectivity index (χ4n) is 2.84. The Balaban J connectivity index is 1.81. The second-order valence-electron chi connectivity index (χ2n) is 6.73. The van der Waals surface area contributed by atoms with Gasteiger partial charge >= 0.3 is 0 Å². The lowest BCUT2D eigenvalue weighted by Crippen LogP contribution is -2.22. The lowest BCUT2D eigenvalue weighted by atomic mass is 9.81. The Kier molecular flexibility index (Phi) is 5.20. The highest BCUT2D eigenvalue weighted by molar-refractivity contribution is 7.99. The third-order valence-electron chi connectivity index (χ3n) is 4.43. The molecule has 0 amide bonds. The molecule has 0 bridgehead atoms. The van der Waals surface area contributed by atoms with Crippen molar-refractivity contribution in [2.75, 3.05) is 12.4 Å². The Morgan fingerprint density at radius 3 is 2.84 bits per heavy atom. The Hall–Kier alpha value is -2.18. The number of rotatable bonds is 3. The van der Waals surface area contributed by atoms with Gasteiger partial charge < -0.3 is 4.74 Å². The van der Waals surface area contributed by atoms with E-state index in [1.165, 1.54) is 22.6 Å². The molecule has 3 rings (SSSR count). The molecule has 0 aliphatic carbocycles. The average molecular weight is 349 g/mol. The van der Waals surface area contributed by atoms with Gasteiger partial charge in [0.1, 0.15) is 11.5 Å². The van der Waals surface area contributed by atoms with Crippen molar-refractivity contribution in [3.8, 4) is 11.8 Å². The number of pyridine rings is 1. The minimum Gasteiger partial charge on any atom is -0.494 e. The van der Waals surface area contributed by atoms with E-state index in [-0.39, 0.29) is 5.41 Å². The molecule has 0 spiro atoms. The molecule has 0 fully saturated rings. The van der Waals surface area contributed by atoms with Gasteiger partial charge in [0, 0.05) is 22.2 Å². The predicted octanol–water partition coefficient (Wildman–Crippen LogP) is 5.26. The summed E-state index contributed by atoms with van der Waals surface area (Å²) in [6, 6.07) is 10.4. The van der Waals surface area contributed by atoms with Crippen molar-refractivity contribution < 1.29 is 4.74 Å². The molecule has 0 N–H and O–H groups in total. The van der Waals surface area contributed by atoms with Crippen molar-refractivity contribution in [2.24, 2.45) is 0 Å². The molecule has 0 unspecified atom stereocenters. The molecule has 1 aliphatic rings. The first-order valence-corrected chi connectivity index (χ1v) is 9.55. The number of hydrogen-bond acceptors (Lipinski definition) is 3. The molecule has 1 aromatic heterocycles. The molecule has 25 heavy (non-hydrogen) atoms. The number of fused-ring (bicyclic) bond motifs is 1. The number of thioether (sulfide) groups is 1. The van der Waals surface area contributed by atoms with Gasteiger partial charge in [-0.1, -0.05) is 26.3 Å². The molecular weight excluding hydrogens is 326 g/mol. The maximum Gasteiger partial charge on any atom is 0.120 e. The average Bonchev–Trinajstić information content (AvgIpc) is 2.61. The molecule has 1 aliphatic heterocycles. The van der Waals surface area contributed by atoms with Crippen molar-refractivity contribution in [3.63, 3.8) is 0 Å². The van der Waals surface area contributed by atoms with Crippen LogP contribution in [-0.2, 0) is 10.2 Å². The zero-order valence-corrected chi connectivity index (χ0v) is 15.9. The van der Waals surface area contributed by atoms with E-state index in [4.69, 9.17) is 4.74 Å². The molecule has 3 heteroatoms. The number of hydrogen-bond donors (Lipinski definition) is 0. The lowest BCUT2D eigenvalue weighted by Gasteiger charge is -2.32. The Bertz CT molecular complexity index is 841. The summed E-state index contributed by atoms with van der Waals surface area (Å²) in [6.07, 6.45) is 2.96. The van der Waals surface area contributed by atoms with E-state index in [1.807, 2.05) is 30.8 Å². The summed E-state index contributed by atoms with van der Waals surface area (Å²) in [5, 5.41) is 0. The summed E-state index contributed by atoms with van der Waals surface area (Å²) in [5.41, 5.74) is 4.31. The molecule has 128 valence electrons. The summed E-state index contributed by atoms with van der Waals surface area (Å²) < 4.78 is 5.40. The summed E-state index contributed by atoms with van der Waals surface area (Å²) in [7, 11) is 0. The van der Waals surface area contributed by atoms with Gasteiger partial charge in [-0.15, -0.1) is 11.8 Å². The van der Waals surface area contributed by atoms with Gasteiger partial charge in [0.05, 0.1) is 6.61 Å². The van der Waals surface area contributed by atoms with Crippen LogP contribution in [0.15, 0.2) is 48.0 Å². The number of benzene rings is 1. The Morgan fingerprint density at radius 2 is 2.12 bits per heavy atom. The highest BCUT2D eigenvalue weighted by Crippen LogP contribution is 2.41. The van der Waals surface area contributed by atoms with Crippen molar-refractivity contribution >= 4 is 17.5 Å². The fourth-order valence-corrected chi connectivity index (χ4v) is 4.33. The van der Waals surface area contributed by atoms with E-state index in [2.05, 4.69) is 55.5 Å². The zero-order valence-electron chi connectivity index (χ0n) is 15.1. The second-order valence-corrected chi connectivity index (χ2v) is 7.87. The van der Waals surface area contributed by atoms with Crippen LogP contribution in [0.4, 0.5) is 0 Å². The topological polar surface area (TPSA) is 22.1 Å². The minimum atomic E-state index is 0.220. The van der Waals surface area contributed by atoms with E-state index in [9.17, 15) is 0 Å². The maximum absolute atomic E-state index is 5.40. The zero-order chi connectivity index (χ0) is 17.9. The van der Waals surface area contributed by atoms with Crippen molar-refractivity contribution in [3.05, 3.63) is 65.5 Å². The number of aromatic nitrogens is 1. The molecule has 0 atom stereocenters. The van der Waals surface area contributed by atoms with E-state index in [1.54, 1.807) is 6.20 Å². The largest absolute Gasteiger partial charge is 0.494 e. The standard InChI is InChI=1S/C22H23NOS/c1-5-24-16(2)18-8-10-19(23-15-18)9-6-17-7-11-21-20(14-17)22(3,4)12-13-25-21/h7-8,10-11,14-15H,2,5,12-13H2,1,3-4H3. The SMILES string of the molecule is C=C(OCC)c1ccc(C#Cc2ccc3c(c2)C(C)(C)CCS3)nc1. The smallest absolute Gasteiger partial charge is 0.120 e. The lowest BCUT2D eigenvalue weighted by molar-refractivity contribution is 0.299. The monoisotopic (exact) mass is 349 g/mol. The van der Waals surface area contributed by atoms with Crippen molar-refractivity contribution in [1.29, 1.82) is 0 Å². The maximum atomic E-state index is 5.40. The minimum absolute atomic E-state index is 0.220. The second kappa shape index (κ2) is 7.37. The van der Waals surface area contributed by atoms with Crippen LogP contribution < -0.4 is 0 Å². The number of ether oxygens (including phenoxy) is 1. The summed E-state index contributed by atoms with van der Waals surface area (Å²) in [4.78, 5) is 5.78. The summed E-state index contributed by atoms with van der Waals surface area (Å²) in [6.45, 7) is 11.1. The third-order valence-corrected chi connectivity index (χ3v) is 5.51. The van der Waals surface area contributed by atoms with Gasteiger partial charge in [-0.25, -0.2) is 4.98 Å². The van der Waals surface area contributed by atoms with Gasteiger partial charge in [0.25, 0.3) is 0 Å². The summed E-state index contributed by atoms with van der Waals surface area (Å²) in [5.74, 6) is 8.23. The van der Waals surface area contributed by atoms with E-state index in [0.717, 1.165) is 16.8 Å². The van der Waals surface area contributed by atoms with Crippen LogP contribution in [0.2, 0.25) is 0 Å². The molecular formula is C22H23NOS. The van der Waals surface area contributed by atoms with Gasteiger partial charge in [-0.05, 0) is 66.3 Å². The van der Waals surface area contributed by atoms with Crippen LogP contribution >= 0.6 is 11.8 Å². The Labute approximate surface area is 154 Å². The van der Waals surface area contributed by atoms with E-state index >= 15 is 0 Å². The van der Waals surface area contributed by atoms with Gasteiger partial charge in [0.2, 0.25) is 0 Å². The van der Waals surface area contributed by atoms with Gasteiger partial charge in [-0.2, -0.15) is 0 Å². The highest BCUT2D eigenvalue weighted by atomic mass is 32.2. The van der Waals surface area contributed by atoms with Gasteiger partial charge in [0.15, 0.2) is 0 Å². The predicted molar refractivity (Wildman–Crippen MR) is 106 cm³/mol. The van der Waals surface area contributed by atoms with E-state index < -0.39 is 0 Å². The van der Waals surface area contributed by atoms with Crippen LogP contribution in [0.1, 0.15) is 49.6 Å². The number of nitrogens with zero attached hydrogens (tertiary/aromatic N) is 1. The fraction of sp³-hybridized carbons (Fsp3) is 0.318. The highest BCUT2D eigenvalue weighted by Gasteiger charge is 2.27. The van der Waals surface area contributed by atoms with Crippen molar-refractivity contribution in [2.45, 2.75) is 37.5 Å². The first kappa shape index (κ1) is 17.6. The normalized spacial score (nSPS) is 14.8. The molecule has 2 heterocycles. The quantitative estimate of drug-likeness (QED) is 0.557. The molecule has 1 aromatic carbocycles. The van der Waals surface area contributed by atoms with Crippen LogP contribution in [0.25, 0.3) is 5.76 Å². The van der Waals surface area contributed by atoms with Crippen LogP contribution in [-0.4, -0.2) is 17.3 Å². The van der Waals surface area contributed by atoms with Crippen LogP contribution in [0, 0.1) is 11.8 Å². The van der Waals surface area contributed by atoms with Crippen LogP contribution in [0.3, 0.4) is 0 Å². The third kappa shape index (κ3) is 4.08. The summed E-state index contributed by atoms with van der Waals surface area (Å²) >= 11 is 1.94. The molecule has 2 aromatic rings. The van der Waals surface area contributed by atoms with Gasteiger partial charge in [-0.3, -0.25) is 0 Å². The molecule has 0 saturated heterocycles. The Morgan fingerprint density at radius 1 is 1.28 bits per heavy atom.